The van der Waals surface area contributed by atoms with Crippen molar-refractivity contribution in [2.75, 3.05) is 6.61 Å². The van der Waals surface area contributed by atoms with Crippen molar-refractivity contribution in [3.63, 3.8) is 0 Å². The molecule has 0 heterocycles. The Balaban J connectivity index is 4.35. The highest BCUT2D eigenvalue weighted by molar-refractivity contribution is 7.80. The fraction of sp³-hybridized carbons (Fsp3) is 0.857. The fourth-order valence-corrected chi connectivity index (χ4v) is 1.14. The third kappa shape index (κ3) is 5.72. The van der Waals surface area contributed by atoms with E-state index in [1.54, 1.807) is 0 Å². The second-order valence-corrected chi connectivity index (χ2v) is 4.24. The molecule has 0 fully saturated rings. The molecule has 0 spiro atoms. The molecule has 114 valence electrons. The second-order valence-electron chi connectivity index (χ2n) is 3.23. The van der Waals surface area contributed by atoms with Crippen molar-refractivity contribution in [3.8, 4) is 0 Å². The molecule has 0 aliphatic carbocycles. The maximum atomic E-state index is 12.7. The van der Waals surface area contributed by atoms with Crippen LogP contribution in [0.2, 0.25) is 0 Å². The van der Waals surface area contributed by atoms with E-state index < -0.39 is 53.9 Å². The molecule has 1 unspecified atom stereocenters. The zero-order valence-electron chi connectivity index (χ0n) is 8.85. The molecule has 0 aromatic rings. The summed E-state index contributed by atoms with van der Waals surface area (Å²) in [5.74, 6) is -6.93. The first kappa shape index (κ1) is 18.1. The molecule has 0 radical (unpaired) electrons. The van der Waals surface area contributed by atoms with E-state index in [-0.39, 0.29) is 0 Å². The zero-order chi connectivity index (χ0) is 15.5. The van der Waals surface area contributed by atoms with Crippen molar-refractivity contribution in [3.05, 3.63) is 0 Å². The number of hydrogen-bond donors (Lipinski definition) is 1. The standard InChI is InChI=1S/C7H7F7O4S/c8-5(9,7(13,14)19(16)17)1-2-18-4(15)3-6(10,11)12/h1-3H2,(H,16,17). The third-order valence-electron chi connectivity index (χ3n) is 1.67. The lowest BCUT2D eigenvalue weighted by Gasteiger charge is -2.23. The molecule has 0 aliphatic heterocycles. The number of rotatable bonds is 6. The van der Waals surface area contributed by atoms with Crippen LogP contribution in [0.25, 0.3) is 0 Å². The first-order chi connectivity index (χ1) is 8.29. The van der Waals surface area contributed by atoms with Crippen LogP contribution < -0.4 is 0 Å². The van der Waals surface area contributed by atoms with Crippen molar-refractivity contribution in [1.29, 1.82) is 0 Å². The second kappa shape index (κ2) is 6.03. The summed E-state index contributed by atoms with van der Waals surface area (Å²) in [7, 11) is 0. The SMILES string of the molecule is O=C(CC(F)(F)F)OCCC(F)(F)C(F)(F)S(=O)O. The number of carbonyl (C=O) groups excluding carboxylic acids is 1. The maximum Gasteiger partial charge on any atom is 0.406 e. The Morgan fingerprint density at radius 2 is 1.58 bits per heavy atom. The Bertz CT molecular complexity index is 354. The molecule has 0 aliphatic rings. The molecular weight excluding hydrogens is 313 g/mol. The minimum Gasteiger partial charge on any atom is -0.465 e. The van der Waals surface area contributed by atoms with Crippen LogP contribution in [0.15, 0.2) is 0 Å². The predicted octanol–water partition coefficient (Wildman–Crippen LogP) is 2.32. The molecule has 1 N–H and O–H groups in total. The van der Waals surface area contributed by atoms with Crippen LogP contribution in [0.1, 0.15) is 12.8 Å². The van der Waals surface area contributed by atoms with Crippen LogP contribution in [-0.2, 0) is 20.6 Å². The molecule has 0 rings (SSSR count). The molecule has 0 aromatic heterocycles. The highest BCUT2D eigenvalue weighted by atomic mass is 32.2. The monoisotopic (exact) mass is 320 g/mol. The van der Waals surface area contributed by atoms with Crippen LogP contribution in [0.3, 0.4) is 0 Å². The lowest BCUT2D eigenvalue weighted by molar-refractivity contribution is -0.182. The van der Waals surface area contributed by atoms with Gasteiger partial charge < -0.3 is 9.29 Å². The van der Waals surface area contributed by atoms with Crippen molar-refractivity contribution < 1.29 is 49.0 Å². The number of carbonyl (C=O) groups is 1. The van der Waals surface area contributed by atoms with Gasteiger partial charge in [-0.15, -0.1) is 0 Å². The van der Waals surface area contributed by atoms with Gasteiger partial charge >= 0.3 is 23.3 Å². The van der Waals surface area contributed by atoms with Crippen LogP contribution >= 0.6 is 0 Å². The Kier molecular flexibility index (Phi) is 5.74. The van der Waals surface area contributed by atoms with Gasteiger partial charge in [-0.3, -0.25) is 4.79 Å². The Morgan fingerprint density at radius 1 is 1.11 bits per heavy atom. The highest BCUT2D eigenvalue weighted by Crippen LogP contribution is 2.39. The summed E-state index contributed by atoms with van der Waals surface area (Å²) in [5, 5.41) is -5.30. The molecule has 0 amide bonds. The van der Waals surface area contributed by atoms with Gasteiger partial charge in [-0.05, 0) is 0 Å². The van der Waals surface area contributed by atoms with Crippen molar-refractivity contribution in [2.45, 2.75) is 30.2 Å². The number of ether oxygens (including phenoxy) is 1. The van der Waals surface area contributed by atoms with Gasteiger partial charge in [0.25, 0.3) is 0 Å². The Morgan fingerprint density at radius 3 is 1.95 bits per heavy atom. The van der Waals surface area contributed by atoms with Gasteiger partial charge in [-0.25, -0.2) is 4.21 Å². The first-order valence-corrected chi connectivity index (χ1v) is 5.49. The van der Waals surface area contributed by atoms with Gasteiger partial charge in [0.1, 0.15) is 6.42 Å². The number of alkyl halides is 7. The van der Waals surface area contributed by atoms with Gasteiger partial charge in [-0.1, -0.05) is 0 Å². The average molecular weight is 320 g/mol. The average Bonchev–Trinajstić information content (AvgIpc) is 2.13. The van der Waals surface area contributed by atoms with E-state index in [9.17, 15) is 39.7 Å². The van der Waals surface area contributed by atoms with Gasteiger partial charge in [0.2, 0.25) is 11.1 Å². The lowest BCUT2D eigenvalue weighted by Crippen LogP contribution is -2.44. The van der Waals surface area contributed by atoms with E-state index in [0.717, 1.165) is 0 Å². The summed E-state index contributed by atoms with van der Waals surface area (Å²) in [6, 6.07) is 0. The van der Waals surface area contributed by atoms with Crippen LogP contribution in [0.4, 0.5) is 30.7 Å². The number of hydrogen-bond acceptors (Lipinski definition) is 3. The summed E-state index contributed by atoms with van der Waals surface area (Å²) in [5.41, 5.74) is 0. The minimum absolute atomic E-state index is 1.45. The van der Waals surface area contributed by atoms with E-state index >= 15 is 0 Å². The molecule has 0 bridgehead atoms. The molecule has 12 heteroatoms. The Labute approximate surface area is 104 Å². The van der Waals surface area contributed by atoms with Crippen molar-refractivity contribution >= 4 is 17.0 Å². The van der Waals surface area contributed by atoms with Crippen LogP contribution in [0.5, 0.6) is 0 Å². The highest BCUT2D eigenvalue weighted by Gasteiger charge is 2.61. The van der Waals surface area contributed by atoms with Gasteiger partial charge in [0.05, 0.1) is 13.0 Å². The summed E-state index contributed by atoms with van der Waals surface area (Å²) >= 11 is -4.18. The van der Waals surface area contributed by atoms with Crippen LogP contribution in [-0.4, -0.2) is 38.7 Å². The maximum absolute atomic E-state index is 12.7. The van der Waals surface area contributed by atoms with E-state index in [1.807, 2.05) is 0 Å². The third-order valence-corrected chi connectivity index (χ3v) is 2.41. The summed E-state index contributed by atoms with van der Waals surface area (Å²) < 4.78 is 107. The smallest absolute Gasteiger partial charge is 0.406 e. The normalized spacial score (nSPS) is 15.2. The minimum atomic E-state index is -5.30. The molecule has 0 saturated heterocycles. The van der Waals surface area contributed by atoms with Gasteiger partial charge in [0, 0.05) is 0 Å². The number of halogens is 7. The molecule has 4 nitrogen and oxygen atoms in total. The molecular formula is C7H7F7O4S. The van der Waals surface area contributed by atoms with E-state index in [4.69, 9.17) is 4.55 Å². The topological polar surface area (TPSA) is 63.6 Å². The summed E-state index contributed by atoms with van der Waals surface area (Å²) in [6.45, 7) is -1.45. The zero-order valence-corrected chi connectivity index (χ0v) is 9.66. The predicted molar refractivity (Wildman–Crippen MR) is 46.9 cm³/mol. The number of esters is 1. The van der Waals surface area contributed by atoms with Crippen molar-refractivity contribution in [2.24, 2.45) is 0 Å². The van der Waals surface area contributed by atoms with Crippen LogP contribution in [0, 0.1) is 0 Å². The molecule has 0 saturated carbocycles. The quantitative estimate of drug-likeness (QED) is 0.463. The fourth-order valence-electron chi connectivity index (χ4n) is 0.781. The van der Waals surface area contributed by atoms with E-state index in [1.165, 1.54) is 0 Å². The Hall–Kier alpha value is -0.910. The summed E-state index contributed by atoms with van der Waals surface area (Å²) in [4.78, 5) is 10.4. The first-order valence-electron chi connectivity index (χ1n) is 4.38. The van der Waals surface area contributed by atoms with E-state index in [2.05, 4.69) is 4.74 Å². The lowest BCUT2D eigenvalue weighted by atomic mass is 10.2. The van der Waals surface area contributed by atoms with Crippen molar-refractivity contribution in [1.82, 2.24) is 0 Å². The largest absolute Gasteiger partial charge is 0.465 e. The van der Waals surface area contributed by atoms with Gasteiger partial charge in [0.15, 0.2) is 0 Å². The van der Waals surface area contributed by atoms with Gasteiger partial charge in [-0.2, -0.15) is 30.7 Å². The molecule has 19 heavy (non-hydrogen) atoms. The molecule has 0 aromatic carbocycles. The summed E-state index contributed by atoms with van der Waals surface area (Å²) in [6.07, 6.45) is -8.87. The molecule has 1 atom stereocenters. The van der Waals surface area contributed by atoms with E-state index in [0.29, 0.717) is 0 Å².